The Morgan fingerprint density at radius 3 is 2.55 bits per heavy atom. The Hall–Kier alpha value is -5.34. The molecule has 0 bridgehead atoms. The molecule has 2 heterocycles. The standard InChI is InChI=1S/C23H22F2N8O3.C2H4O2/c1-35-15-11-16(19(25)17(12-15)36-10-8-24)20(29-14-6-4-13(5-7-14)21(26)27)22-30-23(34)33(32-22)18-3-2-9-28-31-18;1-2(3)4/h2-7,9,11-12,20,29H,8,10H2,1H3,(H3,26,27)(H,30,32,34);1H3,(H,3,4)/t20-;/m0./s1. The lowest BCUT2D eigenvalue weighted by Gasteiger charge is -2.21. The molecule has 210 valence electrons. The Bertz CT molecular complexity index is 1510. The molecule has 2 aromatic heterocycles. The average molecular weight is 557 g/mol. The molecular formula is C25H26F2N8O5. The quantitative estimate of drug-likeness (QED) is 0.143. The summed E-state index contributed by atoms with van der Waals surface area (Å²) in [5.41, 5.74) is 5.92. The smallest absolute Gasteiger partial charge is 0.349 e. The second-order valence-electron chi connectivity index (χ2n) is 7.96. The van der Waals surface area contributed by atoms with E-state index in [0.29, 0.717) is 11.3 Å². The number of carboxylic acid groups (broad SMARTS) is 1. The van der Waals surface area contributed by atoms with Gasteiger partial charge in [0.25, 0.3) is 5.97 Å². The van der Waals surface area contributed by atoms with Crippen molar-refractivity contribution in [2.24, 2.45) is 5.73 Å². The van der Waals surface area contributed by atoms with Crippen LogP contribution in [-0.4, -0.2) is 62.3 Å². The van der Waals surface area contributed by atoms with Crippen LogP contribution in [0.4, 0.5) is 14.5 Å². The van der Waals surface area contributed by atoms with E-state index in [0.717, 1.165) is 11.6 Å². The van der Waals surface area contributed by atoms with Gasteiger partial charge in [-0.05, 0) is 42.5 Å². The number of aliphatic carboxylic acids is 1. The zero-order valence-corrected chi connectivity index (χ0v) is 21.4. The van der Waals surface area contributed by atoms with E-state index >= 15 is 4.39 Å². The number of ether oxygens (including phenoxy) is 2. The van der Waals surface area contributed by atoms with Crippen LogP contribution < -0.4 is 26.2 Å². The molecule has 2 aromatic carbocycles. The van der Waals surface area contributed by atoms with Crippen molar-refractivity contribution in [3.05, 3.63) is 88.0 Å². The summed E-state index contributed by atoms with van der Waals surface area (Å²) in [7, 11) is 1.39. The van der Waals surface area contributed by atoms with Gasteiger partial charge in [-0.2, -0.15) is 9.78 Å². The summed E-state index contributed by atoms with van der Waals surface area (Å²) in [4.78, 5) is 24.3. The van der Waals surface area contributed by atoms with Gasteiger partial charge in [0.15, 0.2) is 23.2 Å². The number of rotatable bonds is 10. The third-order valence-electron chi connectivity index (χ3n) is 5.11. The van der Waals surface area contributed by atoms with Gasteiger partial charge in [0.2, 0.25) is 0 Å². The maximum Gasteiger partial charge on any atom is 0.349 e. The summed E-state index contributed by atoms with van der Waals surface area (Å²) in [5.74, 6) is -1.51. The highest BCUT2D eigenvalue weighted by Gasteiger charge is 2.27. The van der Waals surface area contributed by atoms with Gasteiger partial charge in [0, 0.05) is 36.0 Å². The van der Waals surface area contributed by atoms with Crippen molar-refractivity contribution >= 4 is 17.5 Å². The Labute approximate surface area is 226 Å². The zero-order valence-electron chi connectivity index (χ0n) is 21.4. The largest absolute Gasteiger partial charge is 0.497 e. The first-order valence-electron chi connectivity index (χ1n) is 11.6. The molecule has 4 aromatic rings. The topological polar surface area (TPSA) is 194 Å². The average Bonchev–Trinajstić information content (AvgIpc) is 3.33. The van der Waals surface area contributed by atoms with Crippen LogP contribution in [0.1, 0.15) is 29.9 Å². The Morgan fingerprint density at radius 1 is 1.27 bits per heavy atom. The molecule has 0 aliphatic rings. The summed E-state index contributed by atoms with van der Waals surface area (Å²) in [6, 6.07) is 11.3. The highest BCUT2D eigenvalue weighted by Crippen LogP contribution is 2.35. The number of nitrogens with one attached hydrogen (secondary N) is 3. The van der Waals surface area contributed by atoms with Gasteiger partial charge in [-0.15, -0.1) is 10.2 Å². The van der Waals surface area contributed by atoms with Gasteiger partial charge in [-0.3, -0.25) is 15.2 Å². The zero-order chi connectivity index (χ0) is 29.2. The Balaban J connectivity index is 0.00000103. The van der Waals surface area contributed by atoms with Gasteiger partial charge in [0.1, 0.15) is 30.9 Å². The third-order valence-corrected chi connectivity index (χ3v) is 5.11. The van der Waals surface area contributed by atoms with E-state index in [2.05, 4.69) is 25.6 Å². The molecule has 15 heteroatoms. The van der Waals surface area contributed by atoms with Crippen molar-refractivity contribution in [1.82, 2.24) is 25.0 Å². The molecule has 1 atom stereocenters. The number of aromatic amines is 1. The lowest BCUT2D eigenvalue weighted by Crippen LogP contribution is -2.18. The highest BCUT2D eigenvalue weighted by molar-refractivity contribution is 5.95. The third kappa shape index (κ3) is 7.37. The number of nitrogens with zero attached hydrogens (tertiary/aromatic N) is 4. The van der Waals surface area contributed by atoms with Gasteiger partial charge in [-0.1, -0.05) is 0 Å². The van der Waals surface area contributed by atoms with Crippen LogP contribution in [-0.2, 0) is 4.79 Å². The lowest BCUT2D eigenvalue weighted by atomic mass is 10.0. The minimum absolute atomic E-state index is 0.0129. The predicted molar refractivity (Wildman–Crippen MR) is 140 cm³/mol. The fraction of sp³-hybridized carbons (Fsp3) is 0.200. The maximum atomic E-state index is 15.6. The van der Waals surface area contributed by atoms with Crippen LogP contribution in [0.15, 0.2) is 59.5 Å². The number of anilines is 1. The van der Waals surface area contributed by atoms with E-state index in [-0.39, 0.29) is 41.1 Å². The Kier molecular flexibility index (Phi) is 9.83. The van der Waals surface area contributed by atoms with Crippen molar-refractivity contribution in [1.29, 1.82) is 5.41 Å². The number of carboxylic acids is 1. The molecule has 0 fully saturated rings. The number of halogens is 2. The molecule has 0 unspecified atom stereocenters. The molecule has 0 spiro atoms. The van der Waals surface area contributed by atoms with Crippen molar-refractivity contribution in [3.8, 4) is 17.3 Å². The molecule has 0 aliphatic heterocycles. The number of hydrogen-bond donors (Lipinski definition) is 5. The molecule has 0 radical (unpaired) electrons. The first-order chi connectivity index (χ1) is 19.1. The summed E-state index contributed by atoms with van der Waals surface area (Å²) >= 11 is 0. The predicted octanol–water partition coefficient (Wildman–Crippen LogP) is 2.42. The van der Waals surface area contributed by atoms with Gasteiger partial charge in [0.05, 0.1) is 7.11 Å². The van der Waals surface area contributed by atoms with E-state index in [1.54, 1.807) is 30.3 Å². The lowest BCUT2D eigenvalue weighted by molar-refractivity contribution is -0.134. The van der Waals surface area contributed by atoms with Crippen molar-refractivity contribution in [2.75, 3.05) is 25.7 Å². The molecule has 4 rings (SSSR count). The summed E-state index contributed by atoms with van der Waals surface area (Å²) in [6.45, 7) is -0.0851. The Morgan fingerprint density at radius 2 is 1.98 bits per heavy atom. The van der Waals surface area contributed by atoms with E-state index in [1.165, 1.54) is 31.5 Å². The van der Waals surface area contributed by atoms with E-state index in [1.807, 2.05) is 0 Å². The van der Waals surface area contributed by atoms with Crippen molar-refractivity contribution in [2.45, 2.75) is 13.0 Å². The van der Waals surface area contributed by atoms with Gasteiger partial charge < -0.3 is 25.6 Å². The van der Waals surface area contributed by atoms with Crippen molar-refractivity contribution < 1.29 is 28.2 Å². The molecule has 6 N–H and O–H groups in total. The number of benzene rings is 2. The first kappa shape index (κ1) is 29.2. The number of alkyl halides is 1. The van der Waals surface area contributed by atoms with Crippen LogP contribution in [0.3, 0.4) is 0 Å². The normalized spacial score (nSPS) is 11.1. The summed E-state index contributed by atoms with van der Waals surface area (Å²) in [6.07, 6.45) is 1.45. The fourth-order valence-corrected chi connectivity index (χ4v) is 3.41. The first-order valence-corrected chi connectivity index (χ1v) is 11.6. The van der Waals surface area contributed by atoms with Crippen LogP contribution in [0.2, 0.25) is 0 Å². The minimum atomic E-state index is -1.05. The van der Waals surface area contributed by atoms with E-state index in [4.69, 9.17) is 30.5 Å². The number of methoxy groups -OCH3 is 1. The number of H-pyrrole nitrogens is 1. The molecule has 0 saturated heterocycles. The monoisotopic (exact) mass is 556 g/mol. The molecule has 13 nitrogen and oxygen atoms in total. The molecule has 0 saturated carbocycles. The van der Waals surface area contributed by atoms with Crippen LogP contribution in [0.25, 0.3) is 5.82 Å². The second-order valence-corrected chi connectivity index (χ2v) is 7.96. The van der Waals surface area contributed by atoms with Crippen LogP contribution >= 0.6 is 0 Å². The fourth-order valence-electron chi connectivity index (χ4n) is 3.41. The number of aromatic nitrogens is 5. The highest BCUT2D eigenvalue weighted by atomic mass is 19.1. The summed E-state index contributed by atoms with van der Waals surface area (Å²) in [5, 5.41) is 30.1. The van der Waals surface area contributed by atoms with Crippen LogP contribution in [0.5, 0.6) is 11.5 Å². The molecule has 40 heavy (non-hydrogen) atoms. The van der Waals surface area contributed by atoms with E-state index < -0.39 is 30.2 Å². The van der Waals surface area contributed by atoms with Crippen molar-refractivity contribution in [3.63, 3.8) is 0 Å². The number of hydrogen-bond acceptors (Lipinski definition) is 9. The number of amidine groups is 1. The molecular weight excluding hydrogens is 530 g/mol. The van der Waals surface area contributed by atoms with E-state index in [9.17, 15) is 9.18 Å². The number of nitrogen functional groups attached to an aromatic ring is 1. The molecule has 0 amide bonds. The molecule has 0 aliphatic carbocycles. The maximum absolute atomic E-state index is 15.6. The SMILES string of the molecule is CC(=O)O.COc1cc(OCCF)c(F)c([C@H](Nc2ccc(C(=N)N)cc2)c2nn(-c3cccnn3)c(=O)[nH]2)c1. The minimum Gasteiger partial charge on any atom is -0.497 e. The van der Waals surface area contributed by atoms with Gasteiger partial charge in [-0.25, -0.2) is 13.6 Å². The van der Waals surface area contributed by atoms with Gasteiger partial charge >= 0.3 is 5.69 Å². The number of nitrogens with two attached hydrogens (primary N) is 1. The summed E-state index contributed by atoms with van der Waals surface area (Å²) < 4.78 is 39.9. The number of carbonyl (C=O) groups is 1. The second kappa shape index (κ2) is 13.5. The van der Waals surface area contributed by atoms with Crippen LogP contribution in [0, 0.1) is 11.2 Å².